The summed E-state index contributed by atoms with van der Waals surface area (Å²) in [4.78, 5) is 14.3. The van der Waals surface area contributed by atoms with Crippen LogP contribution in [0.1, 0.15) is 32.1 Å². The van der Waals surface area contributed by atoms with Crippen molar-refractivity contribution in [3.05, 3.63) is 0 Å². The number of nitrogens with one attached hydrogen (secondary N) is 1. The number of amides is 1. The van der Waals surface area contributed by atoms with E-state index >= 15 is 0 Å². The number of carbonyl (C=O) groups is 1. The fraction of sp³-hybridized carbons (Fsp3) is 0.818. The van der Waals surface area contributed by atoms with Gasteiger partial charge in [-0.1, -0.05) is 12.2 Å². The van der Waals surface area contributed by atoms with Gasteiger partial charge in [0.2, 0.25) is 5.91 Å². The Morgan fingerprint density at radius 2 is 2.19 bits per heavy atom. The first-order valence-corrected chi connectivity index (χ1v) is 6.40. The molecule has 1 heterocycles. The average molecular weight is 241 g/mol. The van der Waals surface area contributed by atoms with Crippen LogP contribution in [0.4, 0.5) is 0 Å². The first-order chi connectivity index (χ1) is 7.66. The van der Waals surface area contributed by atoms with E-state index in [0.29, 0.717) is 17.5 Å². The molecule has 2 rings (SSSR count). The second kappa shape index (κ2) is 5.10. The summed E-state index contributed by atoms with van der Waals surface area (Å²) in [5, 5.41) is 2.99. The van der Waals surface area contributed by atoms with Crippen molar-refractivity contribution >= 4 is 23.1 Å². The zero-order valence-corrected chi connectivity index (χ0v) is 10.3. The van der Waals surface area contributed by atoms with Crippen LogP contribution in [0, 0.1) is 0 Å². The minimum atomic E-state index is 0.163. The highest BCUT2D eigenvalue weighted by Gasteiger charge is 2.27. The third kappa shape index (κ3) is 3.15. The van der Waals surface area contributed by atoms with Gasteiger partial charge in [-0.2, -0.15) is 0 Å². The summed E-state index contributed by atoms with van der Waals surface area (Å²) >= 11 is 5.03. The quantitative estimate of drug-likeness (QED) is 0.684. The topological polar surface area (TPSA) is 58.4 Å². The molecule has 1 amide bonds. The predicted octanol–water partition coefficient (Wildman–Crippen LogP) is 0.406. The number of hydrogen-bond donors (Lipinski definition) is 2. The summed E-state index contributed by atoms with van der Waals surface area (Å²) in [6, 6.07) is 0.668. The monoisotopic (exact) mass is 241 g/mol. The largest absolute Gasteiger partial charge is 0.392 e. The molecule has 0 aromatic heterocycles. The lowest BCUT2D eigenvalue weighted by Crippen LogP contribution is -2.41. The van der Waals surface area contributed by atoms with E-state index in [2.05, 4.69) is 10.2 Å². The van der Waals surface area contributed by atoms with Crippen LogP contribution in [-0.4, -0.2) is 41.0 Å². The number of carbonyl (C=O) groups excluding carboxylic acids is 1. The summed E-state index contributed by atoms with van der Waals surface area (Å²) in [6.07, 6.45) is 5.03. The molecule has 1 aliphatic carbocycles. The van der Waals surface area contributed by atoms with Crippen LogP contribution in [-0.2, 0) is 4.79 Å². The lowest BCUT2D eigenvalue weighted by molar-refractivity contribution is -0.121. The molecular formula is C11H19N3OS. The molecule has 2 aliphatic rings. The Morgan fingerprint density at radius 3 is 2.81 bits per heavy atom. The second-order valence-electron chi connectivity index (χ2n) is 4.69. The molecule has 3 N–H and O–H groups in total. The molecule has 0 bridgehead atoms. The van der Waals surface area contributed by atoms with Gasteiger partial charge >= 0.3 is 0 Å². The molecule has 1 saturated carbocycles. The summed E-state index contributed by atoms with van der Waals surface area (Å²) in [5.74, 6) is 0.163. The number of hydrogen-bond acceptors (Lipinski definition) is 3. The van der Waals surface area contributed by atoms with Crippen molar-refractivity contribution in [3.8, 4) is 0 Å². The maximum absolute atomic E-state index is 11.5. The Morgan fingerprint density at radius 1 is 1.44 bits per heavy atom. The van der Waals surface area contributed by atoms with Crippen molar-refractivity contribution in [2.45, 2.75) is 44.2 Å². The molecule has 4 nitrogen and oxygen atoms in total. The van der Waals surface area contributed by atoms with Gasteiger partial charge in [-0.25, -0.2) is 0 Å². The molecule has 0 aromatic carbocycles. The van der Waals surface area contributed by atoms with Gasteiger partial charge in [-0.05, 0) is 32.2 Å². The molecular weight excluding hydrogens is 222 g/mol. The molecule has 2 fully saturated rings. The van der Waals surface area contributed by atoms with Crippen LogP contribution in [0.25, 0.3) is 0 Å². The maximum atomic E-state index is 11.5. The van der Waals surface area contributed by atoms with Crippen LogP contribution in [0.15, 0.2) is 0 Å². The molecule has 1 atom stereocenters. The second-order valence-corrected chi connectivity index (χ2v) is 5.16. The Balaban J connectivity index is 1.71. The molecule has 0 radical (unpaired) electrons. The summed E-state index contributed by atoms with van der Waals surface area (Å²) in [6.45, 7) is 1.79. The summed E-state index contributed by atoms with van der Waals surface area (Å²) < 4.78 is 0. The third-order valence-corrected chi connectivity index (χ3v) is 3.53. The highest BCUT2D eigenvalue weighted by Crippen LogP contribution is 2.20. The van der Waals surface area contributed by atoms with E-state index in [-0.39, 0.29) is 11.9 Å². The zero-order chi connectivity index (χ0) is 11.5. The third-order valence-electron chi connectivity index (χ3n) is 3.26. The van der Waals surface area contributed by atoms with Crippen molar-refractivity contribution in [3.63, 3.8) is 0 Å². The number of rotatable bonds is 5. The van der Waals surface area contributed by atoms with Gasteiger partial charge in [0, 0.05) is 19.0 Å². The summed E-state index contributed by atoms with van der Waals surface area (Å²) in [5.41, 5.74) is 5.67. The van der Waals surface area contributed by atoms with Crippen molar-refractivity contribution in [1.82, 2.24) is 10.2 Å². The van der Waals surface area contributed by atoms with Gasteiger partial charge in [0.25, 0.3) is 0 Å². The van der Waals surface area contributed by atoms with E-state index in [1.807, 2.05) is 0 Å². The highest BCUT2D eigenvalue weighted by atomic mass is 32.1. The van der Waals surface area contributed by atoms with Crippen molar-refractivity contribution < 1.29 is 4.79 Å². The lowest BCUT2D eigenvalue weighted by atomic mass is 10.2. The van der Waals surface area contributed by atoms with Crippen LogP contribution in [0.5, 0.6) is 0 Å². The molecule has 1 saturated heterocycles. The van der Waals surface area contributed by atoms with Crippen molar-refractivity contribution in [1.29, 1.82) is 0 Å². The highest BCUT2D eigenvalue weighted by molar-refractivity contribution is 7.80. The Labute approximate surface area is 102 Å². The fourth-order valence-electron chi connectivity index (χ4n) is 2.19. The number of likely N-dealkylation sites (tertiary alicyclic amines) is 1. The van der Waals surface area contributed by atoms with E-state index in [9.17, 15) is 4.79 Å². The van der Waals surface area contributed by atoms with Gasteiger partial charge in [0.1, 0.15) is 0 Å². The van der Waals surface area contributed by atoms with Crippen LogP contribution in [0.3, 0.4) is 0 Å². The Bertz CT molecular complexity index is 291. The smallest absolute Gasteiger partial charge is 0.221 e. The zero-order valence-electron chi connectivity index (χ0n) is 9.45. The number of nitrogens with zero attached hydrogens (tertiary/aromatic N) is 1. The normalized spacial score (nSPS) is 25.6. The van der Waals surface area contributed by atoms with Crippen LogP contribution >= 0.6 is 12.2 Å². The van der Waals surface area contributed by atoms with Crippen LogP contribution in [0.2, 0.25) is 0 Å². The van der Waals surface area contributed by atoms with Crippen LogP contribution < -0.4 is 11.1 Å². The minimum Gasteiger partial charge on any atom is -0.392 e. The molecule has 5 heteroatoms. The van der Waals surface area contributed by atoms with E-state index in [1.165, 1.54) is 0 Å². The molecule has 1 unspecified atom stereocenters. The SMILES string of the molecule is NC(=S)C1CCCN1CCC(=O)NC1CC1. The molecule has 0 aromatic rings. The average Bonchev–Trinajstić information content (AvgIpc) is 2.91. The predicted molar refractivity (Wildman–Crippen MR) is 67.2 cm³/mol. The lowest BCUT2D eigenvalue weighted by Gasteiger charge is -2.22. The fourth-order valence-corrected chi connectivity index (χ4v) is 2.46. The van der Waals surface area contributed by atoms with Gasteiger partial charge in [0.15, 0.2) is 0 Å². The van der Waals surface area contributed by atoms with Gasteiger partial charge in [-0.3, -0.25) is 9.69 Å². The van der Waals surface area contributed by atoms with E-state index in [4.69, 9.17) is 18.0 Å². The Hall–Kier alpha value is -0.680. The number of thiocarbonyl (C=S) groups is 1. The van der Waals surface area contributed by atoms with Gasteiger partial charge in [-0.15, -0.1) is 0 Å². The van der Waals surface area contributed by atoms with Gasteiger partial charge < -0.3 is 11.1 Å². The molecule has 90 valence electrons. The Kier molecular flexibility index (Phi) is 3.76. The molecule has 0 spiro atoms. The maximum Gasteiger partial charge on any atom is 0.221 e. The van der Waals surface area contributed by atoms with Crippen molar-refractivity contribution in [2.75, 3.05) is 13.1 Å². The van der Waals surface area contributed by atoms with E-state index < -0.39 is 0 Å². The van der Waals surface area contributed by atoms with Gasteiger partial charge in [0.05, 0.1) is 11.0 Å². The molecule has 1 aliphatic heterocycles. The number of nitrogens with two attached hydrogens (primary N) is 1. The van der Waals surface area contributed by atoms with Crippen molar-refractivity contribution in [2.24, 2.45) is 5.73 Å². The van der Waals surface area contributed by atoms with E-state index in [1.54, 1.807) is 0 Å². The van der Waals surface area contributed by atoms with E-state index in [0.717, 1.165) is 38.8 Å². The molecule has 16 heavy (non-hydrogen) atoms. The first-order valence-electron chi connectivity index (χ1n) is 5.99. The minimum absolute atomic E-state index is 0.163. The first kappa shape index (κ1) is 11.8. The standard InChI is InChI=1S/C11H19N3OS/c12-11(16)9-2-1-6-14(9)7-5-10(15)13-8-3-4-8/h8-9H,1-7H2,(H2,12,16)(H,13,15). The summed E-state index contributed by atoms with van der Waals surface area (Å²) in [7, 11) is 0.